The number of fused-ring (bicyclic) bond motifs is 5. The summed E-state index contributed by atoms with van der Waals surface area (Å²) in [4.78, 5) is 40.1. The Balaban J connectivity index is 1.68. The number of amides is 2. The molecule has 1 heterocycles. The SMILES string of the molecule is O=C(O)ON1C(=O)C2C3C=CC(Cc4ccccc4)(C3)C2C1=O. The molecule has 1 N–H and O–H groups in total. The minimum Gasteiger partial charge on any atom is -0.448 e. The molecule has 6 nitrogen and oxygen atoms in total. The second-order valence-electron chi connectivity index (χ2n) is 6.45. The maximum atomic E-state index is 12.6. The molecule has 2 aliphatic carbocycles. The van der Waals surface area contributed by atoms with E-state index in [-0.39, 0.29) is 5.92 Å². The molecule has 1 aliphatic heterocycles. The summed E-state index contributed by atoms with van der Waals surface area (Å²) in [6.45, 7) is 0. The van der Waals surface area contributed by atoms with E-state index < -0.39 is 35.2 Å². The van der Waals surface area contributed by atoms with E-state index in [9.17, 15) is 14.4 Å². The number of hydrogen-bond donors (Lipinski definition) is 1. The van der Waals surface area contributed by atoms with Gasteiger partial charge in [-0.25, -0.2) is 4.79 Å². The van der Waals surface area contributed by atoms with E-state index in [0.29, 0.717) is 11.5 Å². The van der Waals surface area contributed by atoms with Crippen LogP contribution in [0.3, 0.4) is 0 Å². The van der Waals surface area contributed by atoms with Crippen molar-refractivity contribution in [3.05, 3.63) is 48.0 Å². The van der Waals surface area contributed by atoms with Crippen molar-refractivity contribution in [1.29, 1.82) is 0 Å². The van der Waals surface area contributed by atoms with Gasteiger partial charge in [-0.05, 0) is 24.3 Å². The highest BCUT2D eigenvalue weighted by Crippen LogP contribution is 2.61. The van der Waals surface area contributed by atoms with E-state index in [0.717, 1.165) is 12.0 Å². The zero-order chi connectivity index (χ0) is 16.2. The summed E-state index contributed by atoms with van der Waals surface area (Å²) in [5.74, 6) is -2.14. The Hall–Kier alpha value is -2.63. The molecule has 23 heavy (non-hydrogen) atoms. The number of hydroxylamine groups is 2. The molecule has 0 radical (unpaired) electrons. The first-order chi connectivity index (χ1) is 11.0. The summed E-state index contributed by atoms with van der Waals surface area (Å²) in [6, 6.07) is 9.80. The fourth-order valence-corrected chi connectivity index (χ4v) is 4.45. The largest absolute Gasteiger partial charge is 0.531 e. The molecule has 3 aliphatic rings. The van der Waals surface area contributed by atoms with Crippen LogP contribution in [0.2, 0.25) is 0 Å². The maximum Gasteiger partial charge on any atom is 0.531 e. The highest BCUT2D eigenvalue weighted by Gasteiger charge is 2.67. The fraction of sp³-hybridized carbons (Fsp3) is 0.353. The predicted octanol–water partition coefficient (Wildman–Crippen LogP) is 2.02. The van der Waals surface area contributed by atoms with Gasteiger partial charge in [-0.15, -0.1) is 0 Å². The lowest BCUT2D eigenvalue weighted by atomic mass is 9.71. The smallest absolute Gasteiger partial charge is 0.448 e. The van der Waals surface area contributed by atoms with Gasteiger partial charge in [0.15, 0.2) is 0 Å². The Kier molecular flexibility index (Phi) is 2.85. The molecule has 4 atom stereocenters. The van der Waals surface area contributed by atoms with E-state index in [2.05, 4.69) is 4.84 Å². The molecule has 0 aromatic heterocycles. The average molecular weight is 313 g/mol. The fourth-order valence-electron chi connectivity index (χ4n) is 4.45. The number of benzene rings is 1. The number of carboxylic acid groups (broad SMARTS) is 1. The summed E-state index contributed by atoms with van der Waals surface area (Å²) in [6.07, 6.45) is 3.77. The summed E-state index contributed by atoms with van der Waals surface area (Å²) < 4.78 is 0. The van der Waals surface area contributed by atoms with Gasteiger partial charge in [0.2, 0.25) is 0 Å². The number of imide groups is 1. The van der Waals surface area contributed by atoms with E-state index in [1.54, 1.807) is 0 Å². The highest BCUT2D eigenvalue weighted by atomic mass is 16.8. The Morgan fingerprint density at radius 2 is 2.00 bits per heavy atom. The monoisotopic (exact) mass is 313 g/mol. The molecule has 2 fully saturated rings. The minimum atomic E-state index is -1.65. The number of hydrogen-bond acceptors (Lipinski definition) is 4. The number of allylic oxidation sites excluding steroid dienone is 2. The van der Waals surface area contributed by atoms with Crippen LogP contribution in [0.15, 0.2) is 42.5 Å². The normalized spacial score (nSPS) is 34.1. The van der Waals surface area contributed by atoms with E-state index in [4.69, 9.17) is 5.11 Å². The first kappa shape index (κ1) is 14.0. The first-order valence-electron chi connectivity index (χ1n) is 7.54. The summed E-state index contributed by atoms with van der Waals surface area (Å²) in [5, 5.41) is 9.18. The molecular weight excluding hydrogens is 298 g/mol. The van der Waals surface area contributed by atoms with Crippen molar-refractivity contribution in [2.24, 2.45) is 23.2 Å². The lowest BCUT2D eigenvalue weighted by Crippen LogP contribution is -2.37. The zero-order valence-electron chi connectivity index (χ0n) is 12.2. The van der Waals surface area contributed by atoms with Gasteiger partial charge in [-0.2, -0.15) is 0 Å². The highest BCUT2D eigenvalue weighted by molar-refractivity contribution is 6.06. The Morgan fingerprint density at radius 3 is 2.70 bits per heavy atom. The number of nitrogens with zero attached hydrogens (tertiary/aromatic N) is 1. The van der Waals surface area contributed by atoms with Crippen LogP contribution in [-0.4, -0.2) is 28.1 Å². The molecule has 6 heteroatoms. The van der Waals surface area contributed by atoms with Crippen LogP contribution in [0.25, 0.3) is 0 Å². The third-order valence-corrected chi connectivity index (χ3v) is 5.23. The first-order valence-corrected chi connectivity index (χ1v) is 7.54. The summed E-state index contributed by atoms with van der Waals surface area (Å²) >= 11 is 0. The van der Waals surface area contributed by atoms with Crippen molar-refractivity contribution in [2.75, 3.05) is 0 Å². The Labute approximate surface area is 132 Å². The van der Waals surface area contributed by atoms with Crippen LogP contribution in [0, 0.1) is 23.2 Å². The third kappa shape index (κ3) is 1.91. The van der Waals surface area contributed by atoms with Gasteiger partial charge in [-0.3, -0.25) is 14.4 Å². The third-order valence-electron chi connectivity index (χ3n) is 5.23. The number of carbonyl (C=O) groups is 3. The van der Waals surface area contributed by atoms with Crippen molar-refractivity contribution in [3.63, 3.8) is 0 Å². The topological polar surface area (TPSA) is 83.9 Å². The van der Waals surface area contributed by atoms with Gasteiger partial charge in [0, 0.05) is 5.41 Å². The van der Waals surface area contributed by atoms with E-state index >= 15 is 0 Å². The number of carbonyl (C=O) groups excluding carboxylic acids is 2. The molecule has 1 saturated heterocycles. The second-order valence-corrected chi connectivity index (χ2v) is 6.45. The van der Waals surface area contributed by atoms with Crippen molar-refractivity contribution < 1.29 is 24.3 Å². The van der Waals surface area contributed by atoms with Gasteiger partial charge in [0.05, 0.1) is 11.8 Å². The Bertz CT molecular complexity index is 728. The minimum absolute atomic E-state index is 0.0254. The van der Waals surface area contributed by atoms with E-state index in [1.165, 1.54) is 0 Å². The Morgan fingerprint density at radius 1 is 1.26 bits per heavy atom. The molecule has 1 saturated carbocycles. The van der Waals surface area contributed by atoms with Crippen molar-refractivity contribution in [2.45, 2.75) is 12.8 Å². The quantitative estimate of drug-likeness (QED) is 0.682. The van der Waals surface area contributed by atoms with Crippen molar-refractivity contribution in [3.8, 4) is 0 Å². The van der Waals surface area contributed by atoms with Gasteiger partial charge < -0.3 is 5.11 Å². The van der Waals surface area contributed by atoms with Crippen molar-refractivity contribution in [1.82, 2.24) is 5.06 Å². The van der Waals surface area contributed by atoms with Gasteiger partial charge in [-0.1, -0.05) is 47.5 Å². The van der Waals surface area contributed by atoms with Crippen LogP contribution < -0.4 is 0 Å². The van der Waals surface area contributed by atoms with Crippen LogP contribution in [0.5, 0.6) is 0 Å². The zero-order valence-corrected chi connectivity index (χ0v) is 12.2. The molecule has 2 bridgehead atoms. The molecule has 1 aromatic rings. The summed E-state index contributed by atoms with van der Waals surface area (Å²) in [7, 11) is 0. The lowest BCUT2D eigenvalue weighted by Gasteiger charge is -2.30. The van der Waals surface area contributed by atoms with Gasteiger partial charge in [0.1, 0.15) is 0 Å². The molecule has 118 valence electrons. The molecule has 0 spiro atoms. The van der Waals surface area contributed by atoms with E-state index in [1.807, 2.05) is 42.5 Å². The molecule has 4 unspecified atom stereocenters. The number of rotatable bonds is 3. The standard InChI is InChI=1S/C17H15NO5/c19-14-12-11-6-7-17(9-11,8-10-4-2-1-3-5-10)13(12)15(20)18(14)23-16(21)22/h1-7,11-13H,8-9H2,(H,21,22). The van der Waals surface area contributed by atoms with Crippen LogP contribution >= 0.6 is 0 Å². The summed E-state index contributed by atoms with van der Waals surface area (Å²) in [5.41, 5.74) is 0.663. The van der Waals surface area contributed by atoms with Crippen LogP contribution in [0.4, 0.5) is 4.79 Å². The molecule has 2 amide bonds. The van der Waals surface area contributed by atoms with Gasteiger partial charge in [0.25, 0.3) is 11.8 Å². The molecule has 1 aromatic carbocycles. The average Bonchev–Trinajstić information content (AvgIpc) is 3.14. The second kappa shape index (κ2) is 4.68. The van der Waals surface area contributed by atoms with Gasteiger partial charge >= 0.3 is 6.16 Å². The lowest BCUT2D eigenvalue weighted by molar-refractivity contribution is -0.178. The predicted molar refractivity (Wildman–Crippen MR) is 77.8 cm³/mol. The molecular formula is C17H15NO5. The maximum absolute atomic E-state index is 12.6. The van der Waals surface area contributed by atoms with Crippen molar-refractivity contribution >= 4 is 18.0 Å². The van der Waals surface area contributed by atoms with Crippen LogP contribution in [0.1, 0.15) is 12.0 Å². The molecule has 4 rings (SSSR count). The van der Waals surface area contributed by atoms with Crippen LogP contribution in [-0.2, 0) is 20.8 Å².